The number of hydrogen-bond donors (Lipinski definition) is 1. The predicted octanol–water partition coefficient (Wildman–Crippen LogP) is 3.49. The van der Waals surface area contributed by atoms with Gasteiger partial charge in [-0.2, -0.15) is 0 Å². The Morgan fingerprint density at radius 1 is 1.17 bits per heavy atom. The molecule has 0 aliphatic carbocycles. The average Bonchev–Trinajstić information content (AvgIpc) is 2.40. The smallest absolute Gasteiger partial charge is 0.145 e. The summed E-state index contributed by atoms with van der Waals surface area (Å²) in [4.78, 5) is 4.19. The fraction of sp³-hybridized carbons (Fsp3) is 0.214. The number of halogens is 1. The molecule has 0 saturated heterocycles. The Kier molecular flexibility index (Phi) is 4.56. The highest BCUT2D eigenvalue weighted by molar-refractivity contribution is 6.32. The lowest BCUT2D eigenvalue weighted by molar-refractivity contribution is 0.184. The van der Waals surface area contributed by atoms with Crippen molar-refractivity contribution < 1.29 is 4.74 Å². The van der Waals surface area contributed by atoms with E-state index in [1.165, 1.54) is 11.1 Å². The molecular weight excluding hydrogens is 248 g/mol. The third kappa shape index (κ3) is 3.22. The van der Waals surface area contributed by atoms with Crippen molar-refractivity contribution in [3.63, 3.8) is 0 Å². The SMILES string of the molecule is COCc1ccccc1CNc1ncccc1Cl. The van der Waals surface area contributed by atoms with Crippen LogP contribution in [0, 0.1) is 0 Å². The number of methoxy groups -OCH3 is 1. The molecular formula is C14H15ClN2O. The van der Waals surface area contributed by atoms with E-state index in [2.05, 4.69) is 22.4 Å². The third-order valence-corrected chi connectivity index (χ3v) is 2.93. The zero-order valence-electron chi connectivity index (χ0n) is 10.2. The fourth-order valence-corrected chi connectivity index (χ4v) is 1.91. The molecule has 2 aromatic rings. The zero-order chi connectivity index (χ0) is 12.8. The van der Waals surface area contributed by atoms with Crippen LogP contribution in [0.3, 0.4) is 0 Å². The van der Waals surface area contributed by atoms with E-state index in [0.717, 1.165) is 0 Å². The van der Waals surface area contributed by atoms with Gasteiger partial charge in [-0.25, -0.2) is 4.98 Å². The first-order valence-electron chi connectivity index (χ1n) is 5.71. The summed E-state index contributed by atoms with van der Waals surface area (Å²) in [5.41, 5.74) is 2.35. The molecule has 0 fully saturated rings. The second-order valence-electron chi connectivity index (χ2n) is 3.89. The normalized spacial score (nSPS) is 10.3. The van der Waals surface area contributed by atoms with E-state index in [1.54, 1.807) is 13.3 Å². The van der Waals surface area contributed by atoms with E-state index >= 15 is 0 Å². The monoisotopic (exact) mass is 262 g/mol. The van der Waals surface area contributed by atoms with Crippen molar-refractivity contribution in [2.45, 2.75) is 13.2 Å². The number of hydrogen-bond acceptors (Lipinski definition) is 3. The molecule has 0 aliphatic heterocycles. The van der Waals surface area contributed by atoms with Gasteiger partial charge in [-0.1, -0.05) is 35.9 Å². The minimum Gasteiger partial charge on any atom is -0.380 e. The Balaban J connectivity index is 2.08. The van der Waals surface area contributed by atoms with E-state index in [1.807, 2.05) is 24.3 Å². The Labute approximate surface area is 112 Å². The standard InChI is InChI=1S/C14H15ClN2O/c1-18-10-12-6-3-2-5-11(12)9-17-14-13(15)7-4-8-16-14/h2-8H,9-10H2,1H3,(H,16,17). The van der Waals surface area contributed by atoms with Gasteiger partial charge >= 0.3 is 0 Å². The summed E-state index contributed by atoms with van der Waals surface area (Å²) in [5, 5.41) is 3.86. The van der Waals surface area contributed by atoms with Crippen molar-refractivity contribution in [3.8, 4) is 0 Å². The van der Waals surface area contributed by atoms with Crippen LogP contribution in [0.5, 0.6) is 0 Å². The molecule has 0 bridgehead atoms. The Hall–Kier alpha value is -1.58. The van der Waals surface area contributed by atoms with Crippen LogP contribution in [0.15, 0.2) is 42.6 Å². The van der Waals surface area contributed by atoms with Gasteiger partial charge in [-0.15, -0.1) is 0 Å². The third-order valence-electron chi connectivity index (χ3n) is 2.62. The molecule has 0 saturated carbocycles. The highest BCUT2D eigenvalue weighted by Gasteiger charge is 2.03. The topological polar surface area (TPSA) is 34.1 Å². The van der Waals surface area contributed by atoms with Crippen molar-refractivity contribution in [1.29, 1.82) is 0 Å². The van der Waals surface area contributed by atoms with Gasteiger partial charge < -0.3 is 10.1 Å². The molecule has 1 aromatic heterocycles. The van der Waals surface area contributed by atoms with Crippen LogP contribution in [-0.2, 0) is 17.9 Å². The lowest BCUT2D eigenvalue weighted by atomic mass is 10.1. The van der Waals surface area contributed by atoms with Gasteiger partial charge in [-0.05, 0) is 23.3 Å². The molecule has 0 unspecified atom stereocenters. The predicted molar refractivity (Wildman–Crippen MR) is 73.7 cm³/mol. The summed E-state index contributed by atoms with van der Waals surface area (Å²) in [7, 11) is 1.69. The number of rotatable bonds is 5. The van der Waals surface area contributed by atoms with Gasteiger partial charge in [0, 0.05) is 19.9 Å². The maximum atomic E-state index is 6.04. The van der Waals surface area contributed by atoms with Crippen molar-refractivity contribution in [2.75, 3.05) is 12.4 Å². The van der Waals surface area contributed by atoms with E-state index in [-0.39, 0.29) is 0 Å². The summed E-state index contributed by atoms with van der Waals surface area (Å²) in [6.45, 7) is 1.28. The molecule has 18 heavy (non-hydrogen) atoms. The molecule has 4 heteroatoms. The van der Waals surface area contributed by atoms with Gasteiger partial charge in [0.2, 0.25) is 0 Å². The Morgan fingerprint density at radius 3 is 2.67 bits per heavy atom. The number of nitrogens with one attached hydrogen (secondary N) is 1. The van der Waals surface area contributed by atoms with Crippen LogP contribution >= 0.6 is 11.6 Å². The lowest BCUT2D eigenvalue weighted by Gasteiger charge is -2.11. The summed E-state index contributed by atoms with van der Waals surface area (Å²) >= 11 is 6.04. The fourth-order valence-electron chi connectivity index (χ4n) is 1.72. The van der Waals surface area contributed by atoms with Gasteiger partial charge in [0.1, 0.15) is 5.82 Å². The number of anilines is 1. The molecule has 0 radical (unpaired) electrons. The molecule has 94 valence electrons. The van der Waals surface area contributed by atoms with Crippen molar-refractivity contribution >= 4 is 17.4 Å². The molecule has 0 spiro atoms. The lowest BCUT2D eigenvalue weighted by Crippen LogP contribution is -2.05. The molecule has 1 N–H and O–H groups in total. The molecule has 0 aliphatic rings. The molecule has 0 atom stereocenters. The van der Waals surface area contributed by atoms with Crippen LogP contribution in [0.1, 0.15) is 11.1 Å². The number of nitrogens with zero attached hydrogens (tertiary/aromatic N) is 1. The first kappa shape index (κ1) is 12.9. The van der Waals surface area contributed by atoms with Gasteiger partial charge in [0.25, 0.3) is 0 Å². The summed E-state index contributed by atoms with van der Waals surface area (Å²) in [5.74, 6) is 0.700. The van der Waals surface area contributed by atoms with Crippen LogP contribution < -0.4 is 5.32 Å². The molecule has 0 amide bonds. The van der Waals surface area contributed by atoms with Crippen molar-refractivity contribution in [1.82, 2.24) is 4.98 Å². The minimum atomic E-state index is 0.605. The van der Waals surface area contributed by atoms with Crippen LogP contribution in [0.2, 0.25) is 5.02 Å². The molecule has 3 nitrogen and oxygen atoms in total. The maximum absolute atomic E-state index is 6.04. The summed E-state index contributed by atoms with van der Waals surface area (Å²) < 4.78 is 5.17. The molecule has 2 rings (SSSR count). The Bertz CT molecular complexity index is 517. The van der Waals surface area contributed by atoms with E-state index in [9.17, 15) is 0 Å². The highest BCUT2D eigenvalue weighted by atomic mass is 35.5. The molecule has 1 heterocycles. The van der Waals surface area contributed by atoms with Crippen LogP contribution in [-0.4, -0.2) is 12.1 Å². The van der Waals surface area contributed by atoms with Gasteiger partial charge in [0.15, 0.2) is 0 Å². The van der Waals surface area contributed by atoms with Crippen molar-refractivity contribution in [3.05, 3.63) is 58.7 Å². The van der Waals surface area contributed by atoms with E-state index in [0.29, 0.717) is 24.0 Å². The largest absolute Gasteiger partial charge is 0.380 e. The number of pyridine rings is 1. The second-order valence-corrected chi connectivity index (χ2v) is 4.30. The number of ether oxygens (including phenoxy) is 1. The highest BCUT2D eigenvalue weighted by Crippen LogP contribution is 2.19. The van der Waals surface area contributed by atoms with Gasteiger partial charge in [0.05, 0.1) is 11.6 Å². The first-order chi connectivity index (χ1) is 8.81. The van der Waals surface area contributed by atoms with E-state index < -0.39 is 0 Å². The van der Waals surface area contributed by atoms with E-state index in [4.69, 9.17) is 16.3 Å². The maximum Gasteiger partial charge on any atom is 0.145 e. The van der Waals surface area contributed by atoms with Crippen LogP contribution in [0.25, 0.3) is 0 Å². The summed E-state index contributed by atoms with van der Waals surface area (Å²) in [6.07, 6.45) is 1.72. The summed E-state index contributed by atoms with van der Waals surface area (Å²) in [6, 6.07) is 11.8. The zero-order valence-corrected chi connectivity index (χ0v) is 10.9. The van der Waals surface area contributed by atoms with Crippen LogP contribution in [0.4, 0.5) is 5.82 Å². The minimum absolute atomic E-state index is 0.605. The van der Waals surface area contributed by atoms with Gasteiger partial charge in [-0.3, -0.25) is 0 Å². The molecule has 1 aromatic carbocycles. The number of aromatic nitrogens is 1. The van der Waals surface area contributed by atoms with Crippen molar-refractivity contribution in [2.24, 2.45) is 0 Å². The quantitative estimate of drug-likeness (QED) is 0.896. The Morgan fingerprint density at radius 2 is 1.94 bits per heavy atom. The number of benzene rings is 1. The first-order valence-corrected chi connectivity index (χ1v) is 6.09. The average molecular weight is 263 g/mol. The second kappa shape index (κ2) is 6.38.